The molecule has 0 spiro atoms. The van der Waals surface area contributed by atoms with Crippen LogP contribution in [-0.2, 0) is 4.79 Å². The van der Waals surface area contributed by atoms with Crippen LogP contribution in [-0.4, -0.2) is 17.5 Å². The van der Waals surface area contributed by atoms with E-state index in [1.807, 2.05) is 6.08 Å². The van der Waals surface area contributed by atoms with Gasteiger partial charge in [0.2, 0.25) is 0 Å². The Morgan fingerprint density at radius 2 is 2.35 bits per heavy atom. The SMILES string of the molecule is C=C(CO)[C@@H]1C=CC2=CC(=O)C[C@@H](C)[C@]2(C)C1. The summed E-state index contributed by atoms with van der Waals surface area (Å²) >= 11 is 0. The van der Waals surface area contributed by atoms with Gasteiger partial charge in [-0.15, -0.1) is 0 Å². The van der Waals surface area contributed by atoms with Gasteiger partial charge in [-0.1, -0.05) is 32.6 Å². The molecule has 0 bridgehead atoms. The fraction of sp³-hybridized carbons (Fsp3) is 0.533. The predicted molar refractivity (Wildman–Crippen MR) is 68.5 cm³/mol. The van der Waals surface area contributed by atoms with Gasteiger partial charge in [-0.25, -0.2) is 0 Å². The average Bonchev–Trinajstić information content (AvgIpc) is 2.29. The van der Waals surface area contributed by atoms with Gasteiger partial charge in [0.05, 0.1) is 6.61 Å². The maximum atomic E-state index is 11.6. The van der Waals surface area contributed by atoms with E-state index in [-0.39, 0.29) is 23.7 Å². The van der Waals surface area contributed by atoms with Crippen LogP contribution in [0.4, 0.5) is 0 Å². The van der Waals surface area contributed by atoms with E-state index in [2.05, 4.69) is 26.5 Å². The molecule has 17 heavy (non-hydrogen) atoms. The highest BCUT2D eigenvalue weighted by Crippen LogP contribution is 2.49. The van der Waals surface area contributed by atoms with Crippen LogP contribution in [0.15, 0.2) is 36.0 Å². The lowest BCUT2D eigenvalue weighted by molar-refractivity contribution is -0.117. The molecule has 0 aromatic rings. The maximum Gasteiger partial charge on any atom is 0.156 e. The van der Waals surface area contributed by atoms with Crippen molar-refractivity contribution in [1.29, 1.82) is 0 Å². The van der Waals surface area contributed by atoms with Crippen molar-refractivity contribution < 1.29 is 9.90 Å². The van der Waals surface area contributed by atoms with Crippen LogP contribution in [0.3, 0.4) is 0 Å². The summed E-state index contributed by atoms with van der Waals surface area (Å²) in [6.45, 7) is 8.32. The molecule has 0 saturated carbocycles. The first-order chi connectivity index (χ1) is 7.97. The van der Waals surface area contributed by atoms with Gasteiger partial charge in [0.25, 0.3) is 0 Å². The van der Waals surface area contributed by atoms with Crippen molar-refractivity contribution in [2.75, 3.05) is 6.61 Å². The highest BCUT2D eigenvalue weighted by atomic mass is 16.3. The van der Waals surface area contributed by atoms with Crippen LogP contribution < -0.4 is 0 Å². The number of hydrogen-bond donors (Lipinski definition) is 1. The molecule has 3 atom stereocenters. The predicted octanol–water partition coefficient (Wildman–Crippen LogP) is 2.65. The van der Waals surface area contributed by atoms with Crippen LogP contribution in [0.2, 0.25) is 0 Å². The van der Waals surface area contributed by atoms with E-state index in [9.17, 15) is 9.90 Å². The summed E-state index contributed by atoms with van der Waals surface area (Å²) in [7, 11) is 0. The van der Waals surface area contributed by atoms with Gasteiger partial charge in [-0.05, 0) is 35.0 Å². The highest BCUT2D eigenvalue weighted by Gasteiger charge is 2.41. The maximum absolute atomic E-state index is 11.6. The third kappa shape index (κ3) is 2.02. The Morgan fingerprint density at radius 1 is 1.65 bits per heavy atom. The molecule has 2 heteroatoms. The Bertz CT molecular complexity index is 417. The van der Waals surface area contributed by atoms with Gasteiger partial charge in [-0.2, -0.15) is 0 Å². The molecule has 1 N–H and O–H groups in total. The second-order valence-corrected chi connectivity index (χ2v) is 5.57. The normalized spacial score (nSPS) is 36.4. The molecule has 2 nitrogen and oxygen atoms in total. The third-order valence-corrected chi connectivity index (χ3v) is 4.45. The molecule has 0 radical (unpaired) electrons. The number of aliphatic hydroxyl groups is 1. The number of aliphatic hydroxyl groups excluding tert-OH is 1. The lowest BCUT2D eigenvalue weighted by atomic mass is 9.60. The Morgan fingerprint density at radius 3 is 3.00 bits per heavy atom. The van der Waals surface area contributed by atoms with E-state index in [1.165, 1.54) is 0 Å². The molecular formula is C15H20O2. The van der Waals surface area contributed by atoms with E-state index >= 15 is 0 Å². The molecule has 0 unspecified atom stereocenters. The lowest BCUT2D eigenvalue weighted by Crippen LogP contribution is -2.37. The van der Waals surface area contributed by atoms with Gasteiger partial charge >= 0.3 is 0 Å². The quantitative estimate of drug-likeness (QED) is 0.743. The first-order valence-electron chi connectivity index (χ1n) is 6.19. The Kier molecular flexibility index (Phi) is 3.09. The highest BCUT2D eigenvalue weighted by molar-refractivity contribution is 5.92. The molecule has 2 aliphatic rings. The number of fused-ring (bicyclic) bond motifs is 1. The molecule has 0 amide bonds. The van der Waals surface area contributed by atoms with Crippen molar-refractivity contribution in [3.05, 3.63) is 36.0 Å². The zero-order valence-electron chi connectivity index (χ0n) is 10.6. The van der Waals surface area contributed by atoms with Gasteiger partial charge in [0.1, 0.15) is 0 Å². The minimum absolute atomic E-state index is 0.0391. The van der Waals surface area contributed by atoms with Crippen molar-refractivity contribution >= 4 is 5.78 Å². The number of carbonyl (C=O) groups is 1. The molecular weight excluding hydrogens is 212 g/mol. The summed E-state index contributed by atoms with van der Waals surface area (Å²) in [5.41, 5.74) is 2.06. The molecule has 92 valence electrons. The third-order valence-electron chi connectivity index (χ3n) is 4.45. The van der Waals surface area contributed by atoms with Crippen LogP contribution in [0.5, 0.6) is 0 Å². The summed E-state index contributed by atoms with van der Waals surface area (Å²) in [5, 5.41) is 9.17. The van der Waals surface area contributed by atoms with Crippen LogP contribution in [0.25, 0.3) is 0 Å². The molecule has 2 aliphatic carbocycles. The largest absolute Gasteiger partial charge is 0.392 e. The zero-order chi connectivity index (χ0) is 12.6. The van der Waals surface area contributed by atoms with Gasteiger partial charge in [0.15, 0.2) is 5.78 Å². The molecule has 0 saturated heterocycles. The minimum atomic E-state index is 0.0391. The van der Waals surface area contributed by atoms with Gasteiger partial charge in [0, 0.05) is 12.3 Å². The van der Waals surface area contributed by atoms with Crippen LogP contribution in [0, 0.1) is 17.3 Å². The number of ketones is 1. The van der Waals surface area contributed by atoms with Crippen LogP contribution in [0.1, 0.15) is 26.7 Å². The smallest absolute Gasteiger partial charge is 0.156 e. The average molecular weight is 232 g/mol. The molecule has 0 aliphatic heterocycles. The van der Waals surface area contributed by atoms with Crippen LogP contribution >= 0.6 is 0 Å². The summed E-state index contributed by atoms with van der Waals surface area (Å²) < 4.78 is 0. The molecule has 0 heterocycles. The lowest BCUT2D eigenvalue weighted by Gasteiger charge is -2.44. The second-order valence-electron chi connectivity index (χ2n) is 5.57. The first kappa shape index (κ1) is 12.3. The Hall–Kier alpha value is -1.15. The summed E-state index contributed by atoms with van der Waals surface area (Å²) in [4.78, 5) is 11.6. The molecule has 0 aromatic heterocycles. The second kappa shape index (κ2) is 4.26. The number of allylic oxidation sites excluding steroid dienone is 4. The summed E-state index contributed by atoms with van der Waals surface area (Å²) in [6.07, 6.45) is 7.48. The van der Waals surface area contributed by atoms with E-state index in [0.29, 0.717) is 12.3 Å². The van der Waals surface area contributed by atoms with Gasteiger partial charge < -0.3 is 5.11 Å². The van der Waals surface area contributed by atoms with Crippen molar-refractivity contribution in [3.63, 3.8) is 0 Å². The van der Waals surface area contributed by atoms with Gasteiger partial charge in [-0.3, -0.25) is 4.79 Å². The fourth-order valence-corrected chi connectivity index (χ4v) is 2.91. The molecule has 2 rings (SSSR count). The first-order valence-corrected chi connectivity index (χ1v) is 6.19. The monoisotopic (exact) mass is 232 g/mol. The van der Waals surface area contributed by atoms with Crippen molar-refractivity contribution in [2.24, 2.45) is 17.3 Å². The van der Waals surface area contributed by atoms with Crippen molar-refractivity contribution in [2.45, 2.75) is 26.7 Å². The Balaban J connectivity index is 2.35. The molecule has 0 fully saturated rings. The minimum Gasteiger partial charge on any atom is -0.392 e. The zero-order valence-corrected chi connectivity index (χ0v) is 10.6. The van der Waals surface area contributed by atoms with Crippen molar-refractivity contribution in [3.8, 4) is 0 Å². The van der Waals surface area contributed by atoms with E-state index < -0.39 is 0 Å². The Labute approximate surface area is 103 Å². The summed E-state index contributed by atoms with van der Waals surface area (Å²) in [5.74, 6) is 0.820. The number of rotatable bonds is 2. The molecule has 0 aromatic carbocycles. The number of carbonyl (C=O) groups excluding carboxylic acids is 1. The van der Waals surface area contributed by atoms with Crippen molar-refractivity contribution in [1.82, 2.24) is 0 Å². The van der Waals surface area contributed by atoms with E-state index in [0.717, 1.165) is 17.6 Å². The fourth-order valence-electron chi connectivity index (χ4n) is 2.91. The van der Waals surface area contributed by atoms with E-state index in [1.54, 1.807) is 6.08 Å². The number of hydrogen-bond acceptors (Lipinski definition) is 2. The van der Waals surface area contributed by atoms with E-state index in [4.69, 9.17) is 0 Å². The standard InChI is InChI=1S/C15H20O2/c1-10(9-16)12-4-5-13-7-14(17)6-11(2)15(13,3)8-12/h4-5,7,11-12,16H,1,6,8-9H2,2-3H3/t11-,12-,15+/m1/s1. The topological polar surface area (TPSA) is 37.3 Å². The summed E-state index contributed by atoms with van der Waals surface area (Å²) in [6, 6.07) is 0.